The summed E-state index contributed by atoms with van der Waals surface area (Å²) in [6.45, 7) is 2.33. The van der Waals surface area contributed by atoms with Crippen molar-refractivity contribution >= 4 is 28.4 Å². The minimum absolute atomic E-state index is 0. The van der Waals surface area contributed by atoms with Gasteiger partial charge in [0, 0.05) is 6.54 Å². The zero-order chi connectivity index (χ0) is 16.0. The van der Waals surface area contributed by atoms with Gasteiger partial charge in [-0.15, -0.1) is 12.4 Å². The second kappa shape index (κ2) is 9.22. The van der Waals surface area contributed by atoms with E-state index in [2.05, 4.69) is 14.8 Å². The molecule has 1 unspecified atom stereocenters. The molecule has 1 aliphatic rings. The second-order valence-electron chi connectivity index (χ2n) is 5.39. The van der Waals surface area contributed by atoms with E-state index >= 15 is 0 Å². The van der Waals surface area contributed by atoms with Gasteiger partial charge in [-0.2, -0.15) is 0 Å². The van der Waals surface area contributed by atoms with Crippen LogP contribution in [-0.4, -0.2) is 41.1 Å². The first-order chi connectivity index (χ1) is 10.5. The van der Waals surface area contributed by atoms with Crippen molar-refractivity contribution in [2.75, 3.05) is 26.7 Å². The Morgan fingerprint density at radius 3 is 2.78 bits per heavy atom. The van der Waals surface area contributed by atoms with Gasteiger partial charge >= 0.3 is 5.97 Å². The molecule has 1 atom stereocenters. The maximum atomic E-state index is 12.4. The number of piperidine rings is 1. The average Bonchev–Trinajstić information content (AvgIpc) is 2.55. The van der Waals surface area contributed by atoms with Crippen molar-refractivity contribution in [2.45, 2.75) is 24.2 Å². The molecule has 1 saturated heterocycles. The molecule has 0 spiro atoms. The number of hydrogen-bond acceptors (Lipinski definition) is 5. The van der Waals surface area contributed by atoms with E-state index in [1.807, 2.05) is 0 Å². The molecule has 2 N–H and O–H groups in total. The molecule has 0 saturated carbocycles. The Labute approximate surface area is 143 Å². The molecule has 2 rings (SSSR count). The predicted molar refractivity (Wildman–Crippen MR) is 90.4 cm³/mol. The topological polar surface area (TPSA) is 84.5 Å². The second-order valence-corrected chi connectivity index (χ2v) is 7.12. The molecule has 0 aliphatic carbocycles. The molecule has 1 aliphatic heterocycles. The van der Waals surface area contributed by atoms with Crippen molar-refractivity contribution in [1.82, 2.24) is 10.0 Å². The van der Waals surface area contributed by atoms with Crippen LogP contribution in [0, 0.1) is 5.92 Å². The molecule has 1 heterocycles. The summed E-state index contributed by atoms with van der Waals surface area (Å²) in [5.74, 6) is -0.162. The fourth-order valence-corrected chi connectivity index (χ4v) is 3.87. The monoisotopic (exact) mass is 362 g/mol. The zero-order valence-corrected chi connectivity index (χ0v) is 14.7. The van der Waals surface area contributed by atoms with Crippen molar-refractivity contribution in [3.8, 4) is 0 Å². The van der Waals surface area contributed by atoms with Gasteiger partial charge in [-0.1, -0.05) is 12.1 Å². The SMILES string of the molecule is COC(=O)c1ccccc1S(=O)(=O)NCCC1CCCNC1.Cl. The highest BCUT2D eigenvalue weighted by Gasteiger charge is 2.22. The molecule has 130 valence electrons. The summed E-state index contributed by atoms with van der Waals surface area (Å²) in [4.78, 5) is 11.6. The minimum atomic E-state index is -3.72. The molecule has 6 nitrogen and oxygen atoms in total. The molecule has 23 heavy (non-hydrogen) atoms. The van der Waals surface area contributed by atoms with Gasteiger partial charge < -0.3 is 10.1 Å². The number of carbonyl (C=O) groups is 1. The van der Waals surface area contributed by atoms with Crippen molar-refractivity contribution in [3.05, 3.63) is 29.8 Å². The van der Waals surface area contributed by atoms with Crippen LogP contribution in [0.5, 0.6) is 0 Å². The third-order valence-corrected chi connectivity index (χ3v) is 5.34. The Morgan fingerprint density at radius 1 is 1.39 bits per heavy atom. The Bertz CT molecular complexity index is 616. The number of halogens is 1. The van der Waals surface area contributed by atoms with Gasteiger partial charge in [-0.25, -0.2) is 17.9 Å². The van der Waals surface area contributed by atoms with Gasteiger partial charge in [0.05, 0.1) is 17.6 Å². The van der Waals surface area contributed by atoms with E-state index in [0.717, 1.165) is 32.4 Å². The Balaban J connectivity index is 0.00000264. The number of esters is 1. The fourth-order valence-electron chi connectivity index (χ4n) is 2.63. The number of ether oxygens (including phenoxy) is 1. The summed E-state index contributed by atoms with van der Waals surface area (Å²) < 4.78 is 32.0. The number of sulfonamides is 1. The van der Waals surface area contributed by atoms with Crippen LogP contribution in [0.15, 0.2) is 29.2 Å². The van der Waals surface area contributed by atoms with Crippen LogP contribution in [0.2, 0.25) is 0 Å². The average molecular weight is 363 g/mol. The van der Waals surface area contributed by atoms with Crippen LogP contribution in [0.3, 0.4) is 0 Å². The lowest BCUT2D eigenvalue weighted by atomic mass is 9.96. The van der Waals surface area contributed by atoms with Gasteiger partial charge in [0.1, 0.15) is 0 Å². The van der Waals surface area contributed by atoms with Crippen molar-refractivity contribution in [2.24, 2.45) is 5.92 Å². The molecule has 1 aromatic rings. The van der Waals surface area contributed by atoms with Gasteiger partial charge in [0.25, 0.3) is 0 Å². The smallest absolute Gasteiger partial charge is 0.339 e. The summed E-state index contributed by atoms with van der Waals surface area (Å²) in [7, 11) is -2.49. The van der Waals surface area contributed by atoms with Crippen LogP contribution >= 0.6 is 12.4 Å². The molecule has 1 fully saturated rings. The number of methoxy groups -OCH3 is 1. The fraction of sp³-hybridized carbons (Fsp3) is 0.533. The number of benzene rings is 1. The first kappa shape index (κ1) is 19.9. The molecule has 0 radical (unpaired) electrons. The van der Waals surface area contributed by atoms with E-state index in [9.17, 15) is 13.2 Å². The van der Waals surface area contributed by atoms with Crippen molar-refractivity contribution in [1.29, 1.82) is 0 Å². The zero-order valence-electron chi connectivity index (χ0n) is 13.1. The molecule has 0 bridgehead atoms. The lowest BCUT2D eigenvalue weighted by molar-refractivity contribution is 0.0596. The van der Waals surface area contributed by atoms with Gasteiger partial charge in [0.2, 0.25) is 10.0 Å². The first-order valence-corrected chi connectivity index (χ1v) is 8.90. The Morgan fingerprint density at radius 2 is 2.13 bits per heavy atom. The van der Waals surface area contributed by atoms with E-state index in [1.165, 1.54) is 19.2 Å². The van der Waals surface area contributed by atoms with Crippen LogP contribution in [0.1, 0.15) is 29.6 Å². The molecular formula is C15H23ClN2O4S. The molecular weight excluding hydrogens is 340 g/mol. The maximum absolute atomic E-state index is 12.4. The van der Waals surface area contributed by atoms with Crippen LogP contribution in [0.4, 0.5) is 0 Å². The highest BCUT2D eigenvalue weighted by Crippen LogP contribution is 2.17. The number of hydrogen-bond donors (Lipinski definition) is 2. The molecule has 1 aromatic carbocycles. The summed E-state index contributed by atoms with van der Waals surface area (Å²) >= 11 is 0. The predicted octanol–water partition coefficient (Wildman–Crippen LogP) is 1.56. The quantitative estimate of drug-likeness (QED) is 0.750. The minimum Gasteiger partial charge on any atom is -0.465 e. The van der Waals surface area contributed by atoms with Gasteiger partial charge in [0.15, 0.2) is 0 Å². The van der Waals surface area contributed by atoms with E-state index < -0.39 is 16.0 Å². The molecule has 0 aromatic heterocycles. The lowest BCUT2D eigenvalue weighted by Crippen LogP contribution is -2.33. The Hall–Kier alpha value is -1.15. The van der Waals surface area contributed by atoms with Crippen molar-refractivity contribution < 1.29 is 17.9 Å². The van der Waals surface area contributed by atoms with Gasteiger partial charge in [-0.05, 0) is 50.4 Å². The summed E-state index contributed by atoms with van der Waals surface area (Å²) in [6.07, 6.45) is 3.03. The highest BCUT2D eigenvalue weighted by atomic mass is 35.5. The van der Waals surface area contributed by atoms with Crippen LogP contribution < -0.4 is 10.0 Å². The van der Waals surface area contributed by atoms with Crippen molar-refractivity contribution in [3.63, 3.8) is 0 Å². The number of carbonyl (C=O) groups excluding carboxylic acids is 1. The third-order valence-electron chi connectivity index (χ3n) is 3.83. The van der Waals surface area contributed by atoms with E-state index in [0.29, 0.717) is 12.5 Å². The first-order valence-electron chi connectivity index (χ1n) is 7.42. The summed E-state index contributed by atoms with van der Waals surface area (Å²) in [6, 6.07) is 6.06. The normalized spacial score (nSPS) is 18.0. The number of nitrogens with one attached hydrogen (secondary N) is 2. The van der Waals surface area contributed by atoms with Crippen LogP contribution in [0.25, 0.3) is 0 Å². The third kappa shape index (κ3) is 5.46. The standard InChI is InChI=1S/C15H22N2O4S.ClH/c1-21-15(18)13-6-2-3-7-14(13)22(19,20)17-10-8-12-5-4-9-16-11-12;/h2-3,6-7,12,16-17H,4-5,8-11H2,1H3;1H. The largest absolute Gasteiger partial charge is 0.465 e. The van der Waals surface area contributed by atoms with E-state index in [-0.39, 0.29) is 22.9 Å². The summed E-state index contributed by atoms with van der Waals surface area (Å²) in [5, 5.41) is 3.31. The molecule has 0 amide bonds. The summed E-state index contributed by atoms with van der Waals surface area (Å²) in [5.41, 5.74) is 0.0526. The molecule has 8 heteroatoms. The van der Waals surface area contributed by atoms with E-state index in [4.69, 9.17) is 0 Å². The van der Waals surface area contributed by atoms with E-state index in [1.54, 1.807) is 12.1 Å². The number of rotatable bonds is 6. The highest BCUT2D eigenvalue weighted by molar-refractivity contribution is 7.89. The van der Waals surface area contributed by atoms with Crippen LogP contribution in [-0.2, 0) is 14.8 Å². The Kier molecular flexibility index (Phi) is 7.98. The van der Waals surface area contributed by atoms with Gasteiger partial charge in [-0.3, -0.25) is 0 Å². The lowest BCUT2D eigenvalue weighted by Gasteiger charge is -2.22. The maximum Gasteiger partial charge on any atom is 0.339 e.